The minimum Gasteiger partial charge on any atom is -0.325 e. The van der Waals surface area contributed by atoms with Crippen molar-refractivity contribution < 1.29 is 14.4 Å². The molecule has 1 spiro atoms. The number of imide groups is 1. The maximum absolute atomic E-state index is 13.0. The molecule has 3 aliphatic rings. The summed E-state index contributed by atoms with van der Waals surface area (Å²) in [6.45, 7) is 1.74. The van der Waals surface area contributed by atoms with Crippen LogP contribution in [0.2, 0.25) is 0 Å². The molecule has 2 aromatic carbocycles. The molecule has 1 aliphatic heterocycles. The van der Waals surface area contributed by atoms with E-state index < -0.39 is 11.6 Å². The van der Waals surface area contributed by atoms with Gasteiger partial charge in [-0.3, -0.25) is 14.5 Å². The summed E-state index contributed by atoms with van der Waals surface area (Å²) in [4.78, 5) is 39.2. The Balaban J connectivity index is 1.29. The minimum atomic E-state index is -0.838. The lowest BCUT2D eigenvalue weighted by atomic mass is 9.73. The summed E-state index contributed by atoms with van der Waals surface area (Å²) in [5.41, 5.74) is 4.71. The second kappa shape index (κ2) is 6.97. The van der Waals surface area contributed by atoms with Crippen LogP contribution in [0.1, 0.15) is 43.7 Å². The van der Waals surface area contributed by atoms with E-state index in [2.05, 4.69) is 22.8 Å². The van der Waals surface area contributed by atoms with Crippen LogP contribution in [0.3, 0.4) is 0 Å². The number of nitrogens with one attached hydrogen (secondary N) is 2. The number of nitrogens with zero attached hydrogens (tertiary/aromatic N) is 1. The summed E-state index contributed by atoms with van der Waals surface area (Å²) in [7, 11) is 0. The van der Waals surface area contributed by atoms with Gasteiger partial charge in [-0.15, -0.1) is 0 Å². The molecule has 2 aliphatic carbocycles. The van der Waals surface area contributed by atoms with Gasteiger partial charge in [0.15, 0.2) is 0 Å². The molecule has 4 amide bonds. The molecule has 1 saturated carbocycles. The van der Waals surface area contributed by atoms with Crippen molar-refractivity contribution in [1.82, 2.24) is 10.2 Å². The normalized spacial score (nSPS) is 24.6. The first-order chi connectivity index (χ1) is 14.5. The highest BCUT2D eigenvalue weighted by Crippen LogP contribution is 2.39. The number of anilines is 1. The van der Waals surface area contributed by atoms with E-state index in [0.717, 1.165) is 30.6 Å². The molecule has 154 valence electrons. The molecule has 30 heavy (non-hydrogen) atoms. The van der Waals surface area contributed by atoms with E-state index >= 15 is 0 Å². The van der Waals surface area contributed by atoms with Gasteiger partial charge in [0.05, 0.1) is 0 Å². The summed E-state index contributed by atoms with van der Waals surface area (Å²) in [5.74, 6) is -0.553. The van der Waals surface area contributed by atoms with Gasteiger partial charge in [-0.25, -0.2) is 4.79 Å². The van der Waals surface area contributed by atoms with E-state index in [0.29, 0.717) is 12.1 Å². The fourth-order valence-corrected chi connectivity index (χ4v) is 5.21. The van der Waals surface area contributed by atoms with Gasteiger partial charge in [-0.2, -0.15) is 0 Å². The zero-order chi connectivity index (χ0) is 20.9. The van der Waals surface area contributed by atoms with Gasteiger partial charge in [0, 0.05) is 5.69 Å². The van der Waals surface area contributed by atoms with Crippen LogP contribution in [0, 0.1) is 5.92 Å². The van der Waals surface area contributed by atoms with Gasteiger partial charge < -0.3 is 10.6 Å². The molecule has 6 nitrogen and oxygen atoms in total. The number of urea groups is 1. The number of amides is 4. The molecule has 0 bridgehead atoms. The molecule has 1 saturated heterocycles. The Morgan fingerprint density at radius 2 is 1.93 bits per heavy atom. The number of fused-ring (bicyclic) bond motifs is 3. The van der Waals surface area contributed by atoms with Crippen molar-refractivity contribution in [3.63, 3.8) is 0 Å². The molecule has 1 heterocycles. The molecule has 2 atom stereocenters. The van der Waals surface area contributed by atoms with E-state index in [1.807, 2.05) is 37.3 Å². The Labute approximate surface area is 175 Å². The standard InChI is InChI=1S/C24H25N3O3/c1-15-6-4-5-11-24(15)22(29)27(23(30)26-24)14-21(28)25-18-9-10-20-17(13-18)12-16-7-2-3-8-19(16)20/h2-3,7-10,13,15H,4-6,11-12,14H2,1H3,(H,25,28)(H,26,30). The zero-order valence-electron chi connectivity index (χ0n) is 17.0. The van der Waals surface area contributed by atoms with Crippen molar-refractivity contribution in [2.45, 2.75) is 44.6 Å². The molecule has 2 unspecified atom stereocenters. The van der Waals surface area contributed by atoms with Crippen LogP contribution in [0.5, 0.6) is 0 Å². The first-order valence-corrected chi connectivity index (χ1v) is 10.6. The largest absolute Gasteiger partial charge is 0.325 e. The number of hydrogen-bond donors (Lipinski definition) is 2. The van der Waals surface area contributed by atoms with Gasteiger partial charge in [0.2, 0.25) is 5.91 Å². The molecular weight excluding hydrogens is 378 g/mol. The molecule has 2 fully saturated rings. The zero-order valence-corrected chi connectivity index (χ0v) is 17.0. The molecule has 0 radical (unpaired) electrons. The van der Waals surface area contributed by atoms with Crippen molar-refractivity contribution >= 4 is 23.5 Å². The Hall–Kier alpha value is -3.15. The third-order valence-corrected chi connectivity index (χ3v) is 6.88. The van der Waals surface area contributed by atoms with Crippen molar-refractivity contribution in [2.75, 3.05) is 11.9 Å². The SMILES string of the molecule is CC1CCCCC12NC(=O)N(CC(=O)Nc1ccc3c(c1)Cc1ccccc1-3)C2=O. The van der Waals surface area contributed by atoms with Gasteiger partial charge in [-0.1, -0.05) is 50.1 Å². The third kappa shape index (κ3) is 2.90. The van der Waals surface area contributed by atoms with Crippen LogP contribution in [0.25, 0.3) is 11.1 Å². The van der Waals surface area contributed by atoms with Crippen LogP contribution in [-0.2, 0) is 16.0 Å². The Bertz CT molecular complexity index is 1060. The van der Waals surface area contributed by atoms with Crippen LogP contribution in [-0.4, -0.2) is 34.8 Å². The Morgan fingerprint density at radius 3 is 2.77 bits per heavy atom. The average molecular weight is 403 g/mol. The van der Waals surface area contributed by atoms with Crippen molar-refractivity contribution in [3.05, 3.63) is 53.6 Å². The van der Waals surface area contributed by atoms with Crippen LogP contribution < -0.4 is 10.6 Å². The number of benzene rings is 2. The smallest absolute Gasteiger partial charge is 0.325 e. The van der Waals surface area contributed by atoms with E-state index in [9.17, 15) is 14.4 Å². The number of carbonyl (C=O) groups is 3. The van der Waals surface area contributed by atoms with Gasteiger partial charge in [0.25, 0.3) is 5.91 Å². The monoisotopic (exact) mass is 403 g/mol. The van der Waals surface area contributed by atoms with Crippen LogP contribution in [0.15, 0.2) is 42.5 Å². The van der Waals surface area contributed by atoms with Gasteiger partial charge in [0.1, 0.15) is 12.1 Å². The highest BCUT2D eigenvalue weighted by atomic mass is 16.2. The van der Waals surface area contributed by atoms with Gasteiger partial charge >= 0.3 is 6.03 Å². The van der Waals surface area contributed by atoms with Gasteiger partial charge in [-0.05, 0) is 59.6 Å². The quantitative estimate of drug-likeness (QED) is 0.655. The molecule has 2 N–H and O–H groups in total. The minimum absolute atomic E-state index is 0.0779. The lowest BCUT2D eigenvalue weighted by Crippen LogP contribution is -2.54. The van der Waals surface area contributed by atoms with Crippen molar-refractivity contribution in [3.8, 4) is 11.1 Å². The number of rotatable bonds is 3. The van der Waals surface area contributed by atoms with E-state index in [1.165, 1.54) is 22.3 Å². The molecule has 2 aromatic rings. The Morgan fingerprint density at radius 1 is 1.13 bits per heavy atom. The molecule has 0 aromatic heterocycles. The second-order valence-corrected chi connectivity index (χ2v) is 8.69. The van der Waals surface area contributed by atoms with Crippen molar-refractivity contribution in [2.24, 2.45) is 5.92 Å². The van der Waals surface area contributed by atoms with Crippen LogP contribution >= 0.6 is 0 Å². The number of hydrogen-bond acceptors (Lipinski definition) is 3. The lowest BCUT2D eigenvalue weighted by Gasteiger charge is -2.36. The lowest BCUT2D eigenvalue weighted by molar-refractivity contribution is -0.136. The summed E-state index contributed by atoms with van der Waals surface area (Å²) in [6.07, 6.45) is 4.36. The average Bonchev–Trinajstić information content (AvgIpc) is 3.21. The highest BCUT2D eigenvalue weighted by Gasteiger charge is 2.55. The predicted molar refractivity (Wildman–Crippen MR) is 114 cm³/mol. The summed E-state index contributed by atoms with van der Waals surface area (Å²) in [6, 6.07) is 13.7. The van der Waals surface area contributed by atoms with E-state index in [-0.39, 0.29) is 24.3 Å². The summed E-state index contributed by atoms with van der Waals surface area (Å²) in [5, 5.41) is 5.75. The first-order valence-electron chi connectivity index (χ1n) is 10.6. The molecule has 6 heteroatoms. The first kappa shape index (κ1) is 18.9. The topological polar surface area (TPSA) is 78.5 Å². The fraction of sp³-hybridized carbons (Fsp3) is 0.375. The summed E-state index contributed by atoms with van der Waals surface area (Å²) >= 11 is 0. The van der Waals surface area contributed by atoms with Crippen molar-refractivity contribution in [1.29, 1.82) is 0 Å². The number of carbonyl (C=O) groups excluding carboxylic acids is 3. The third-order valence-electron chi connectivity index (χ3n) is 6.88. The predicted octanol–water partition coefficient (Wildman–Crippen LogP) is 3.70. The maximum atomic E-state index is 13.0. The molecule has 5 rings (SSSR count). The maximum Gasteiger partial charge on any atom is 0.325 e. The van der Waals surface area contributed by atoms with E-state index in [4.69, 9.17) is 0 Å². The highest BCUT2D eigenvalue weighted by molar-refractivity contribution is 6.10. The summed E-state index contributed by atoms with van der Waals surface area (Å²) < 4.78 is 0. The van der Waals surface area contributed by atoms with Crippen LogP contribution in [0.4, 0.5) is 10.5 Å². The van der Waals surface area contributed by atoms with E-state index in [1.54, 1.807) is 0 Å². The Kier molecular flexibility index (Phi) is 4.38. The second-order valence-electron chi connectivity index (χ2n) is 8.69. The molecular formula is C24H25N3O3. The fourth-order valence-electron chi connectivity index (χ4n) is 5.21.